The molecular weight excluding hydrogens is 584 g/mol. The van der Waals surface area contributed by atoms with Crippen LogP contribution in [0, 0.1) is 18.3 Å². The van der Waals surface area contributed by atoms with E-state index in [4.69, 9.17) is 5.73 Å². The van der Waals surface area contributed by atoms with Crippen molar-refractivity contribution in [1.82, 2.24) is 10.2 Å². The Bertz CT molecular complexity index is 1540. The molecule has 3 N–H and O–H groups in total. The van der Waals surface area contributed by atoms with E-state index in [1.165, 1.54) is 23.1 Å². The third-order valence-corrected chi connectivity index (χ3v) is 9.23. The van der Waals surface area contributed by atoms with Gasteiger partial charge in [-0.05, 0) is 43.0 Å². The van der Waals surface area contributed by atoms with E-state index in [1.54, 1.807) is 4.90 Å². The largest absolute Gasteiger partial charge is 0.384 e. The first-order valence-corrected chi connectivity index (χ1v) is 14.5. The SMILES string of the molecule is Cc1ccccc1NC(=O)CSc1nnc(N2C(N)=C(C#N)C(c3ccccc3Br)C3=C2CCCC3=O)s1. The number of rotatable bonds is 6. The number of Topliss-reactive ketones (excluding diaryl/α,β-unsaturated/α-hetero) is 1. The van der Waals surface area contributed by atoms with Crippen LogP contribution in [0.25, 0.3) is 0 Å². The fourth-order valence-electron chi connectivity index (χ4n) is 4.70. The van der Waals surface area contributed by atoms with Crippen molar-refractivity contribution in [2.24, 2.45) is 5.73 Å². The highest BCUT2D eigenvalue weighted by Crippen LogP contribution is 2.48. The number of allylic oxidation sites excluding steroid dienone is 3. The molecule has 3 aromatic rings. The van der Waals surface area contributed by atoms with Gasteiger partial charge in [0, 0.05) is 27.9 Å². The number of anilines is 2. The van der Waals surface area contributed by atoms with Crippen LogP contribution in [-0.2, 0) is 9.59 Å². The Morgan fingerprint density at radius 2 is 2.00 bits per heavy atom. The fraction of sp³-hybridized carbons (Fsp3) is 0.222. The smallest absolute Gasteiger partial charge is 0.234 e. The van der Waals surface area contributed by atoms with Crippen molar-refractivity contribution in [1.29, 1.82) is 5.26 Å². The van der Waals surface area contributed by atoms with Crippen molar-refractivity contribution < 1.29 is 9.59 Å². The van der Waals surface area contributed by atoms with Crippen LogP contribution in [0.15, 0.2) is 80.0 Å². The van der Waals surface area contributed by atoms with Crippen LogP contribution in [0.4, 0.5) is 10.8 Å². The number of thioether (sulfide) groups is 1. The molecule has 1 aliphatic carbocycles. The summed E-state index contributed by atoms with van der Waals surface area (Å²) < 4.78 is 1.39. The highest BCUT2D eigenvalue weighted by atomic mass is 79.9. The van der Waals surface area contributed by atoms with Crippen LogP contribution < -0.4 is 16.0 Å². The van der Waals surface area contributed by atoms with Crippen LogP contribution >= 0.6 is 39.0 Å². The Labute approximate surface area is 236 Å². The average Bonchev–Trinajstić information content (AvgIpc) is 3.37. The zero-order valence-electron chi connectivity index (χ0n) is 20.4. The molecule has 0 saturated carbocycles. The monoisotopic (exact) mass is 606 g/mol. The summed E-state index contributed by atoms with van der Waals surface area (Å²) in [5, 5.41) is 22.1. The van der Waals surface area contributed by atoms with Crippen LogP contribution in [0.5, 0.6) is 0 Å². The van der Waals surface area contributed by atoms with Gasteiger partial charge in [-0.3, -0.25) is 14.5 Å². The van der Waals surface area contributed by atoms with Crippen LogP contribution in [0.2, 0.25) is 0 Å². The summed E-state index contributed by atoms with van der Waals surface area (Å²) in [6, 6.07) is 17.4. The molecule has 2 aromatic carbocycles. The number of nitrogens with one attached hydrogen (secondary N) is 1. The number of benzene rings is 2. The van der Waals surface area contributed by atoms with Gasteiger partial charge in [0.1, 0.15) is 5.82 Å². The van der Waals surface area contributed by atoms with Crippen molar-refractivity contribution in [3.8, 4) is 6.07 Å². The Kier molecular flexibility index (Phi) is 7.65. The molecule has 0 fully saturated rings. The third kappa shape index (κ3) is 4.99. The van der Waals surface area contributed by atoms with E-state index in [0.29, 0.717) is 39.9 Å². The maximum absolute atomic E-state index is 13.3. The number of halogens is 1. The zero-order chi connectivity index (χ0) is 26.8. The summed E-state index contributed by atoms with van der Waals surface area (Å²) in [5.74, 6) is -0.296. The van der Waals surface area contributed by atoms with Crippen LogP contribution in [-0.4, -0.2) is 27.6 Å². The van der Waals surface area contributed by atoms with Gasteiger partial charge in [0.05, 0.1) is 23.3 Å². The van der Waals surface area contributed by atoms with Gasteiger partial charge in [-0.25, -0.2) is 0 Å². The van der Waals surface area contributed by atoms with Gasteiger partial charge >= 0.3 is 0 Å². The third-order valence-electron chi connectivity index (χ3n) is 6.46. The molecule has 1 atom stereocenters. The van der Waals surface area contributed by atoms with Crippen molar-refractivity contribution in [3.05, 3.63) is 86.8 Å². The van der Waals surface area contributed by atoms with E-state index >= 15 is 0 Å². The first-order chi connectivity index (χ1) is 18.4. The number of nitrogens with two attached hydrogens (primary N) is 1. The maximum Gasteiger partial charge on any atom is 0.234 e. The number of hydrogen-bond acceptors (Lipinski definition) is 9. The second-order valence-electron chi connectivity index (χ2n) is 8.84. The van der Waals surface area contributed by atoms with E-state index in [1.807, 2.05) is 55.5 Å². The predicted octanol–water partition coefficient (Wildman–Crippen LogP) is 5.64. The van der Waals surface area contributed by atoms with E-state index in [2.05, 4.69) is 37.5 Å². The number of carbonyl (C=O) groups is 2. The normalized spacial score (nSPS) is 17.3. The molecule has 1 aromatic heterocycles. The first-order valence-electron chi connectivity index (χ1n) is 11.9. The fourth-order valence-corrected chi connectivity index (χ4v) is 6.90. The van der Waals surface area contributed by atoms with Crippen molar-refractivity contribution in [2.45, 2.75) is 36.4 Å². The quantitative estimate of drug-likeness (QED) is 0.345. The van der Waals surface area contributed by atoms with Gasteiger partial charge in [0.15, 0.2) is 10.1 Å². The topological polar surface area (TPSA) is 125 Å². The molecule has 1 aliphatic heterocycles. The second kappa shape index (κ2) is 11.1. The number of carbonyl (C=O) groups excluding carboxylic acids is 2. The molecule has 2 heterocycles. The summed E-state index contributed by atoms with van der Waals surface area (Å²) in [6.07, 6.45) is 1.73. The van der Waals surface area contributed by atoms with Gasteiger partial charge in [-0.15, -0.1) is 10.2 Å². The summed E-state index contributed by atoms with van der Waals surface area (Å²) in [6.45, 7) is 1.94. The van der Waals surface area contributed by atoms with Crippen molar-refractivity contribution in [3.63, 3.8) is 0 Å². The summed E-state index contributed by atoms with van der Waals surface area (Å²) >= 11 is 6.13. The molecule has 0 saturated heterocycles. The van der Waals surface area contributed by atoms with Gasteiger partial charge < -0.3 is 11.1 Å². The second-order valence-corrected chi connectivity index (χ2v) is 11.9. The number of nitrogens with zero attached hydrogens (tertiary/aromatic N) is 4. The minimum absolute atomic E-state index is 0.00393. The molecule has 0 spiro atoms. The molecule has 38 heavy (non-hydrogen) atoms. The Hall–Kier alpha value is -3.46. The average molecular weight is 608 g/mol. The minimum Gasteiger partial charge on any atom is -0.384 e. The summed E-state index contributed by atoms with van der Waals surface area (Å²) in [4.78, 5) is 27.5. The number of aryl methyl sites for hydroxylation is 1. The highest BCUT2D eigenvalue weighted by Gasteiger charge is 2.41. The molecule has 1 unspecified atom stereocenters. The number of para-hydroxylation sites is 1. The lowest BCUT2D eigenvalue weighted by Crippen LogP contribution is -2.38. The van der Waals surface area contributed by atoms with Crippen LogP contribution in [0.3, 0.4) is 0 Å². The van der Waals surface area contributed by atoms with Crippen LogP contribution in [0.1, 0.15) is 36.3 Å². The maximum atomic E-state index is 13.3. The lowest BCUT2D eigenvalue weighted by atomic mass is 9.76. The molecular formula is C27H23BrN6O2S2. The van der Waals surface area contributed by atoms with Gasteiger partial charge in [-0.1, -0.05) is 75.4 Å². The summed E-state index contributed by atoms with van der Waals surface area (Å²) in [5.41, 5.74) is 10.8. The molecule has 1 amide bonds. The van der Waals surface area contributed by atoms with E-state index in [0.717, 1.165) is 27.0 Å². The number of ketones is 1. The molecule has 0 bridgehead atoms. The molecule has 2 aliphatic rings. The predicted molar refractivity (Wildman–Crippen MR) is 153 cm³/mol. The first kappa shape index (κ1) is 26.2. The number of amides is 1. The minimum atomic E-state index is -0.554. The summed E-state index contributed by atoms with van der Waals surface area (Å²) in [7, 11) is 0. The van der Waals surface area contributed by atoms with E-state index in [9.17, 15) is 14.9 Å². The van der Waals surface area contributed by atoms with Crippen molar-refractivity contribution >= 4 is 61.5 Å². The molecule has 5 rings (SSSR count). The number of nitriles is 1. The van der Waals surface area contributed by atoms with Gasteiger partial charge in [-0.2, -0.15) is 5.26 Å². The molecule has 8 nitrogen and oxygen atoms in total. The zero-order valence-corrected chi connectivity index (χ0v) is 23.6. The lowest BCUT2D eigenvalue weighted by Gasteiger charge is -2.38. The Morgan fingerprint density at radius 1 is 1.24 bits per heavy atom. The Balaban J connectivity index is 1.44. The number of aromatic nitrogens is 2. The Morgan fingerprint density at radius 3 is 2.76 bits per heavy atom. The molecule has 11 heteroatoms. The van der Waals surface area contributed by atoms with E-state index in [-0.39, 0.29) is 23.3 Å². The van der Waals surface area contributed by atoms with E-state index < -0.39 is 5.92 Å². The highest BCUT2D eigenvalue weighted by molar-refractivity contribution is 9.10. The standard InChI is InChI=1S/C27H23BrN6O2S2/c1-15-7-2-5-10-19(15)31-22(36)14-37-27-33-32-26(38-27)34-20-11-6-12-21(35)24(20)23(17(13-29)25(34)30)16-8-3-4-9-18(16)28/h2-5,7-10,23H,6,11-12,14,30H2,1H3,(H,31,36). The van der Waals surface area contributed by atoms with Gasteiger partial charge in [0.2, 0.25) is 11.0 Å². The lowest BCUT2D eigenvalue weighted by molar-refractivity contribution is -0.116. The molecule has 0 radical (unpaired) electrons. The van der Waals surface area contributed by atoms with Crippen molar-refractivity contribution in [2.75, 3.05) is 16.0 Å². The molecule has 192 valence electrons. The number of hydrogen-bond donors (Lipinski definition) is 2. The van der Waals surface area contributed by atoms with Gasteiger partial charge in [0.25, 0.3) is 0 Å².